The van der Waals surface area contributed by atoms with Gasteiger partial charge in [0.2, 0.25) is 0 Å². The highest BCUT2D eigenvalue weighted by Crippen LogP contribution is 2.31. The molecular formula is C17H23NO2. The number of benzene rings is 1. The molecule has 0 bridgehead atoms. The Bertz CT molecular complexity index is 520. The maximum absolute atomic E-state index is 5.77. The topological polar surface area (TPSA) is 34.4 Å². The summed E-state index contributed by atoms with van der Waals surface area (Å²) < 4.78 is 11.4. The molecule has 0 saturated carbocycles. The van der Waals surface area contributed by atoms with Crippen molar-refractivity contribution in [3.05, 3.63) is 53.5 Å². The fourth-order valence-electron chi connectivity index (χ4n) is 2.29. The molecule has 1 aromatic carbocycles. The molecule has 0 radical (unpaired) electrons. The van der Waals surface area contributed by atoms with Crippen molar-refractivity contribution in [1.82, 2.24) is 5.32 Å². The van der Waals surface area contributed by atoms with Crippen molar-refractivity contribution in [1.29, 1.82) is 0 Å². The minimum Gasteiger partial charge on any atom is -0.494 e. The molecule has 0 fully saturated rings. The largest absolute Gasteiger partial charge is 0.494 e. The molecular weight excluding hydrogens is 250 g/mol. The molecule has 1 heterocycles. The number of furan rings is 1. The number of aryl methyl sites for hydroxylation is 1. The molecule has 0 spiro atoms. The Hall–Kier alpha value is -1.74. The van der Waals surface area contributed by atoms with Gasteiger partial charge in [0.15, 0.2) is 0 Å². The summed E-state index contributed by atoms with van der Waals surface area (Å²) in [5, 5.41) is 3.54. The second kappa shape index (κ2) is 7.15. The highest BCUT2D eigenvalue weighted by molar-refractivity contribution is 5.42. The summed E-state index contributed by atoms with van der Waals surface area (Å²) in [6.45, 7) is 7.86. The van der Waals surface area contributed by atoms with Crippen LogP contribution in [-0.2, 0) is 0 Å². The lowest BCUT2D eigenvalue weighted by molar-refractivity contribution is 0.330. The van der Waals surface area contributed by atoms with Crippen molar-refractivity contribution in [3.63, 3.8) is 0 Å². The minimum absolute atomic E-state index is 0.0337. The lowest BCUT2D eigenvalue weighted by atomic mass is 10.0. The van der Waals surface area contributed by atoms with Gasteiger partial charge in [0.1, 0.15) is 11.5 Å². The predicted octanol–water partition coefficient (Wildman–Crippen LogP) is 4.08. The minimum atomic E-state index is 0.0337. The Labute approximate surface area is 121 Å². The molecule has 3 heteroatoms. The summed E-state index contributed by atoms with van der Waals surface area (Å²) in [6, 6.07) is 10.2. The highest BCUT2D eigenvalue weighted by Gasteiger charge is 2.20. The second-order valence-corrected chi connectivity index (χ2v) is 4.88. The van der Waals surface area contributed by atoms with E-state index in [1.807, 2.05) is 25.1 Å². The number of hydrogen-bond donors (Lipinski definition) is 1. The van der Waals surface area contributed by atoms with Gasteiger partial charge in [-0.15, -0.1) is 0 Å². The maximum Gasteiger partial charge on any atom is 0.125 e. The van der Waals surface area contributed by atoms with E-state index in [1.54, 1.807) is 6.26 Å². The van der Waals surface area contributed by atoms with Crippen molar-refractivity contribution in [2.45, 2.75) is 33.2 Å². The zero-order valence-corrected chi connectivity index (χ0v) is 12.5. The molecule has 108 valence electrons. The highest BCUT2D eigenvalue weighted by atomic mass is 16.5. The summed E-state index contributed by atoms with van der Waals surface area (Å²) in [7, 11) is 0. The van der Waals surface area contributed by atoms with Crippen molar-refractivity contribution < 1.29 is 9.15 Å². The molecule has 0 aliphatic heterocycles. The summed E-state index contributed by atoms with van der Waals surface area (Å²) in [4.78, 5) is 0. The van der Waals surface area contributed by atoms with E-state index in [2.05, 4.69) is 31.3 Å². The molecule has 2 rings (SSSR count). The van der Waals surface area contributed by atoms with E-state index in [-0.39, 0.29) is 6.04 Å². The summed E-state index contributed by atoms with van der Waals surface area (Å²) >= 11 is 0. The van der Waals surface area contributed by atoms with Crippen LogP contribution in [0.5, 0.6) is 5.75 Å². The van der Waals surface area contributed by atoms with Gasteiger partial charge in [0.25, 0.3) is 0 Å². The normalized spacial score (nSPS) is 12.3. The first-order chi connectivity index (χ1) is 9.76. The van der Waals surface area contributed by atoms with Crippen LogP contribution >= 0.6 is 0 Å². The van der Waals surface area contributed by atoms with Crippen LogP contribution < -0.4 is 10.1 Å². The van der Waals surface area contributed by atoms with Crippen LogP contribution in [0.4, 0.5) is 0 Å². The summed E-state index contributed by atoms with van der Waals surface area (Å²) in [6.07, 6.45) is 2.79. The summed E-state index contributed by atoms with van der Waals surface area (Å²) in [5.74, 6) is 1.84. The van der Waals surface area contributed by atoms with Crippen molar-refractivity contribution in [2.24, 2.45) is 0 Å². The van der Waals surface area contributed by atoms with E-state index in [1.165, 1.54) is 5.56 Å². The van der Waals surface area contributed by atoms with Crippen LogP contribution in [0, 0.1) is 6.92 Å². The van der Waals surface area contributed by atoms with Gasteiger partial charge in [-0.2, -0.15) is 0 Å². The molecule has 1 N–H and O–H groups in total. The van der Waals surface area contributed by atoms with E-state index in [9.17, 15) is 0 Å². The first-order valence-electron chi connectivity index (χ1n) is 7.26. The van der Waals surface area contributed by atoms with E-state index in [4.69, 9.17) is 9.15 Å². The third kappa shape index (κ3) is 3.42. The molecule has 0 saturated heterocycles. The molecule has 2 aromatic rings. The van der Waals surface area contributed by atoms with Crippen molar-refractivity contribution >= 4 is 0 Å². The van der Waals surface area contributed by atoms with Crippen LogP contribution in [0.3, 0.4) is 0 Å². The van der Waals surface area contributed by atoms with Crippen LogP contribution in [0.15, 0.2) is 41.0 Å². The van der Waals surface area contributed by atoms with Gasteiger partial charge >= 0.3 is 0 Å². The Morgan fingerprint density at radius 1 is 1.25 bits per heavy atom. The zero-order chi connectivity index (χ0) is 14.4. The van der Waals surface area contributed by atoms with Gasteiger partial charge in [-0.05, 0) is 45.0 Å². The molecule has 1 aromatic heterocycles. The molecule has 0 amide bonds. The lowest BCUT2D eigenvalue weighted by Crippen LogP contribution is -2.23. The third-order valence-electron chi connectivity index (χ3n) is 3.20. The zero-order valence-electron chi connectivity index (χ0n) is 12.5. The lowest BCUT2D eigenvalue weighted by Gasteiger charge is -2.20. The predicted molar refractivity (Wildman–Crippen MR) is 81.2 cm³/mol. The molecule has 1 atom stereocenters. The fourth-order valence-corrected chi connectivity index (χ4v) is 2.29. The number of ether oxygens (including phenoxy) is 1. The van der Waals surface area contributed by atoms with E-state index in [0.717, 1.165) is 30.0 Å². The SMILES string of the molecule is CCCNC(c1ccco1)c1cc(C)ccc1OCC. The van der Waals surface area contributed by atoms with Gasteiger partial charge in [-0.1, -0.05) is 24.6 Å². The van der Waals surface area contributed by atoms with Crippen molar-refractivity contribution in [3.8, 4) is 5.75 Å². The van der Waals surface area contributed by atoms with E-state index in [0.29, 0.717) is 6.61 Å². The Morgan fingerprint density at radius 2 is 2.10 bits per heavy atom. The van der Waals surface area contributed by atoms with Crippen LogP contribution in [0.1, 0.15) is 43.2 Å². The van der Waals surface area contributed by atoms with Gasteiger partial charge < -0.3 is 14.5 Å². The Kier molecular flexibility index (Phi) is 5.24. The van der Waals surface area contributed by atoms with E-state index >= 15 is 0 Å². The maximum atomic E-state index is 5.77. The fraction of sp³-hybridized carbons (Fsp3) is 0.412. The molecule has 3 nitrogen and oxygen atoms in total. The van der Waals surface area contributed by atoms with Crippen LogP contribution in [0.25, 0.3) is 0 Å². The third-order valence-corrected chi connectivity index (χ3v) is 3.20. The second-order valence-electron chi connectivity index (χ2n) is 4.88. The number of rotatable bonds is 7. The molecule has 0 aliphatic rings. The quantitative estimate of drug-likeness (QED) is 0.825. The smallest absolute Gasteiger partial charge is 0.125 e. The van der Waals surface area contributed by atoms with Gasteiger partial charge in [0, 0.05) is 5.56 Å². The van der Waals surface area contributed by atoms with Gasteiger partial charge in [-0.3, -0.25) is 0 Å². The van der Waals surface area contributed by atoms with Gasteiger partial charge in [0.05, 0.1) is 18.9 Å². The Morgan fingerprint density at radius 3 is 2.75 bits per heavy atom. The number of hydrogen-bond acceptors (Lipinski definition) is 3. The summed E-state index contributed by atoms with van der Waals surface area (Å²) in [5.41, 5.74) is 2.36. The molecule has 1 unspecified atom stereocenters. The average molecular weight is 273 g/mol. The first kappa shape index (κ1) is 14.7. The van der Waals surface area contributed by atoms with Crippen LogP contribution in [0.2, 0.25) is 0 Å². The monoisotopic (exact) mass is 273 g/mol. The molecule has 0 aliphatic carbocycles. The standard InChI is InChI=1S/C17H23NO2/c1-4-10-18-17(16-7-6-11-20-16)14-12-13(3)8-9-15(14)19-5-2/h6-9,11-12,17-18H,4-5,10H2,1-3H3. The first-order valence-corrected chi connectivity index (χ1v) is 7.26. The Balaban J connectivity index is 2.39. The van der Waals surface area contributed by atoms with E-state index < -0.39 is 0 Å². The molecule has 20 heavy (non-hydrogen) atoms. The average Bonchev–Trinajstić information content (AvgIpc) is 2.96. The van der Waals surface area contributed by atoms with Crippen LogP contribution in [-0.4, -0.2) is 13.2 Å². The van der Waals surface area contributed by atoms with Crippen molar-refractivity contribution in [2.75, 3.05) is 13.2 Å². The van der Waals surface area contributed by atoms with Gasteiger partial charge in [-0.25, -0.2) is 0 Å². The number of nitrogens with one attached hydrogen (secondary N) is 1.